The summed E-state index contributed by atoms with van der Waals surface area (Å²) in [7, 11) is 0. The SMILES string of the molecule is Nc1nc(Br)c2ncn(C3OC(CO)C(O)C3O)c2n1. The van der Waals surface area contributed by atoms with E-state index in [4.69, 9.17) is 15.6 Å². The van der Waals surface area contributed by atoms with E-state index in [0.717, 1.165) is 0 Å². The summed E-state index contributed by atoms with van der Waals surface area (Å²) in [6.45, 7) is -0.401. The van der Waals surface area contributed by atoms with E-state index in [1.165, 1.54) is 10.9 Å². The zero-order valence-corrected chi connectivity index (χ0v) is 11.7. The van der Waals surface area contributed by atoms with Gasteiger partial charge < -0.3 is 25.8 Å². The van der Waals surface area contributed by atoms with Gasteiger partial charge in [-0.05, 0) is 15.9 Å². The zero-order valence-electron chi connectivity index (χ0n) is 10.1. The third-order valence-corrected chi connectivity index (χ3v) is 3.74. The fraction of sp³-hybridized carbons (Fsp3) is 0.500. The predicted molar refractivity (Wildman–Crippen MR) is 70.4 cm³/mol. The van der Waals surface area contributed by atoms with Crippen LogP contribution in [-0.2, 0) is 4.74 Å². The number of aliphatic hydroxyl groups is 3. The second-order valence-electron chi connectivity index (χ2n) is 4.43. The van der Waals surface area contributed by atoms with Gasteiger partial charge in [0.25, 0.3) is 0 Å². The van der Waals surface area contributed by atoms with Crippen LogP contribution in [0.25, 0.3) is 11.2 Å². The van der Waals surface area contributed by atoms with E-state index in [9.17, 15) is 10.2 Å². The standard InChI is InChI=1S/C10H12BrN5O4/c11-7-4-8(15-10(12)14-7)16(2-13-4)9-6(19)5(18)3(1-17)20-9/h2-3,5-6,9,17-19H,1H2,(H2,12,14,15). The number of ether oxygens (including phenoxy) is 1. The van der Waals surface area contributed by atoms with Gasteiger partial charge in [0, 0.05) is 0 Å². The van der Waals surface area contributed by atoms with Crippen LogP contribution in [0.5, 0.6) is 0 Å². The second-order valence-corrected chi connectivity index (χ2v) is 5.18. The number of nitrogens with zero attached hydrogens (tertiary/aromatic N) is 4. The average Bonchev–Trinajstić information content (AvgIpc) is 2.93. The predicted octanol–water partition coefficient (Wildman–Crippen LogP) is -1.22. The molecule has 0 aromatic carbocycles. The number of hydrogen-bond donors (Lipinski definition) is 4. The fourth-order valence-electron chi connectivity index (χ4n) is 2.19. The molecule has 2 aromatic heterocycles. The van der Waals surface area contributed by atoms with E-state index in [0.29, 0.717) is 15.8 Å². The molecule has 10 heteroatoms. The lowest BCUT2D eigenvalue weighted by Crippen LogP contribution is -2.33. The van der Waals surface area contributed by atoms with Gasteiger partial charge in [0.05, 0.1) is 12.9 Å². The van der Waals surface area contributed by atoms with Crippen molar-refractivity contribution in [2.24, 2.45) is 0 Å². The Bertz CT molecular complexity index is 650. The Morgan fingerprint density at radius 3 is 2.75 bits per heavy atom. The van der Waals surface area contributed by atoms with Gasteiger partial charge in [-0.25, -0.2) is 9.97 Å². The first-order valence-electron chi connectivity index (χ1n) is 5.81. The number of fused-ring (bicyclic) bond motifs is 1. The van der Waals surface area contributed by atoms with Crippen molar-refractivity contribution < 1.29 is 20.1 Å². The highest BCUT2D eigenvalue weighted by Gasteiger charge is 2.44. The zero-order chi connectivity index (χ0) is 14.4. The molecular weight excluding hydrogens is 334 g/mol. The summed E-state index contributed by atoms with van der Waals surface area (Å²) in [4.78, 5) is 12.1. The van der Waals surface area contributed by atoms with E-state index in [1.54, 1.807) is 0 Å². The third kappa shape index (κ3) is 1.96. The Hall–Kier alpha value is -1.33. The van der Waals surface area contributed by atoms with Crippen LogP contribution < -0.4 is 5.73 Å². The molecule has 9 nitrogen and oxygen atoms in total. The van der Waals surface area contributed by atoms with E-state index < -0.39 is 31.1 Å². The summed E-state index contributed by atoms with van der Waals surface area (Å²) in [6.07, 6.45) is -2.77. The summed E-state index contributed by atoms with van der Waals surface area (Å²) in [5.74, 6) is 0.0397. The number of aliphatic hydroxyl groups excluding tert-OH is 3. The molecule has 4 atom stereocenters. The molecule has 0 amide bonds. The number of nitrogens with two attached hydrogens (primary N) is 1. The lowest BCUT2D eigenvalue weighted by molar-refractivity contribution is -0.0511. The van der Waals surface area contributed by atoms with Gasteiger partial charge in [0.15, 0.2) is 11.9 Å². The lowest BCUT2D eigenvalue weighted by Gasteiger charge is -2.16. The van der Waals surface area contributed by atoms with Crippen molar-refractivity contribution in [1.82, 2.24) is 19.5 Å². The van der Waals surface area contributed by atoms with Crippen LogP contribution in [-0.4, -0.2) is 59.8 Å². The molecule has 20 heavy (non-hydrogen) atoms. The van der Waals surface area contributed by atoms with Crippen molar-refractivity contribution in [3.8, 4) is 0 Å². The van der Waals surface area contributed by atoms with E-state index in [1.807, 2.05) is 0 Å². The monoisotopic (exact) mass is 345 g/mol. The van der Waals surface area contributed by atoms with E-state index in [-0.39, 0.29) is 5.95 Å². The molecule has 108 valence electrons. The van der Waals surface area contributed by atoms with Crippen LogP contribution in [0.3, 0.4) is 0 Å². The first kappa shape index (κ1) is 13.6. The maximum Gasteiger partial charge on any atom is 0.223 e. The minimum absolute atomic E-state index is 0.0397. The number of halogens is 1. The molecule has 4 unspecified atom stereocenters. The highest BCUT2D eigenvalue weighted by molar-refractivity contribution is 9.10. The molecule has 0 spiro atoms. The number of hydrogen-bond acceptors (Lipinski definition) is 8. The fourth-order valence-corrected chi connectivity index (χ4v) is 2.66. The van der Waals surface area contributed by atoms with Gasteiger partial charge in [0.2, 0.25) is 5.95 Å². The van der Waals surface area contributed by atoms with Crippen LogP contribution in [0.1, 0.15) is 6.23 Å². The van der Waals surface area contributed by atoms with Crippen molar-refractivity contribution in [3.63, 3.8) is 0 Å². The van der Waals surface area contributed by atoms with Crippen LogP contribution >= 0.6 is 15.9 Å². The van der Waals surface area contributed by atoms with Crippen molar-refractivity contribution >= 4 is 33.0 Å². The van der Waals surface area contributed by atoms with Gasteiger partial charge in [0.1, 0.15) is 28.4 Å². The molecular formula is C10H12BrN5O4. The first-order valence-corrected chi connectivity index (χ1v) is 6.60. The lowest BCUT2D eigenvalue weighted by atomic mass is 10.1. The quantitative estimate of drug-likeness (QED) is 0.496. The van der Waals surface area contributed by atoms with Crippen molar-refractivity contribution in [3.05, 3.63) is 10.9 Å². The maximum absolute atomic E-state index is 10.0. The Morgan fingerprint density at radius 1 is 1.35 bits per heavy atom. The largest absolute Gasteiger partial charge is 0.394 e. The molecule has 0 bridgehead atoms. The van der Waals surface area contributed by atoms with Crippen LogP contribution in [0.4, 0.5) is 5.95 Å². The topological polar surface area (TPSA) is 140 Å². The van der Waals surface area contributed by atoms with Crippen molar-refractivity contribution in [1.29, 1.82) is 0 Å². The van der Waals surface area contributed by atoms with Crippen LogP contribution in [0, 0.1) is 0 Å². The summed E-state index contributed by atoms with van der Waals surface area (Å²) in [6, 6.07) is 0. The number of nitrogen functional groups attached to an aromatic ring is 1. The van der Waals surface area contributed by atoms with Gasteiger partial charge in [-0.1, -0.05) is 0 Å². The molecule has 2 aromatic rings. The van der Waals surface area contributed by atoms with Gasteiger partial charge in [-0.15, -0.1) is 0 Å². The molecule has 0 saturated carbocycles. The van der Waals surface area contributed by atoms with E-state index >= 15 is 0 Å². The van der Waals surface area contributed by atoms with Crippen LogP contribution in [0.15, 0.2) is 10.9 Å². The summed E-state index contributed by atoms with van der Waals surface area (Å²) in [5, 5.41) is 28.9. The Morgan fingerprint density at radius 2 is 2.10 bits per heavy atom. The molecule has 1 saturated heterocycles. The maximum atomic E-state index is 10.0. The molecule has 1 aliphatic heterocycles. The molecule has 5 N–H and O–H groups in total. The normalized spacial score (nSPS) is 30.2. The first-order chi connectivity index (χ1) is 9.52. The molecule has 0 radical (unpaired) electrons. The van der Waals surface area contributed by atoms with E-state index in [2.05, 4.69) is 30.9 Å². The second kappa shape index (κ2) is 4.90. The highest BCUT2D eigenvalue weighted by Crippen LogP contribution is 2.32. The molecule has 1 aliphatic rings. The van der Waals surface area contributed by atoms with Gasteiger partial charge in [-0.2, -0.15) is 4.98 Å². The van der Waals surface area contributed by atoms with Crippen molar-refractivity contribution in [2.75, 3.05) is 12.3 Å². The average molecular weight is 346 g/mol. The minimum atomic E-state index is -1.21. The summed E-state index contributed by atoms with van der Waals surface area (Å²) >= 11 is 3.22. The summed E-state index contributed by atoms with van der Waals surface area (Å²) < 4.78 is 7.29. The Balaban J connectivity index is 2.07. The molecule has 1 fully saturated rings. The molecule has 3 heterocycles. The minimum Gasteiger partial charge on any atom is -0.394 e. The van der Waals surface area contributed by atoms with Gasteiger partial charge in [-0.3, -0.25) is 4.57 Å². The summed E-state index contributed by atoms with van der Waals surface area (Å²) in [5.41, 5.74) is 6.40. The van der Waals surface area contributed by atoms with Crippen molar-refractivity contribution in [2.45, 2.75) is 24.5 Å². The smallest absolute Gasteiger partial charge is 0.223 e. The van der Waals surface area contributed by atoms with Gasteiger partial charge >= 0.3 is 0 Å². The number of anilines is 1. The third-order valence-electron chi connectivity index (χ3n) is 3.19. The number of rotatable bonds is 2. The highest BCUT2D eigenvalue weighted by atomic mass is 79.9. The van der Waals surface area contributed by atoms with Crippen LogP contribution in [0.2, 0.25) is 0 Å². The Labute approximate surface area is 121 Å². The molecule has 0 aliphatic carbocycles. The Kier molecular flexibility index (Phi) is 3.34. The molecule has 3 rings (SSSR count). The number of aromatic nitrogens is 4. The number of imidazole rings is 1.